The van der Waals surface area contributed by atoms with Gasteiger partial charge in [0.15, 0.2) is 17.2 Å². The van der Waals surface area contributed by atoms with E-state index < -0.39 is 23.2 Å². The van der Waals surface area contributed by atoms with Crippen molar-refractivity contribution in [3.63, 3.8) is 0 Å². The van der Waals surface area contributed by atoms with E-state index in [-0.39, 0.29) is 6.42 Å². The third-order valence-corrected chi connectivity index (χ3v) is 4.99. The Morgan fingerprint density at radius 1 is 0.750 bits per heavy atom. The van der Waals surface area contributed by atoms with E-state index in [0.29, 0.717) is 12.2 Å². The summed E-state index contributed by atoms with van der Waals surface area (Å²) in [6.45, 7) is 2.65. The number of carbonyl (C=O) groups excluding carboxylic acids is 1. The molecule has 0 fully saturated rings. The summed E-state index contributed by atoms with van der Waals surface area (Å²) >= 11 is 0. The van der Waals surface area contributed by atoms with E-state index in [4.69, 9.17) is 4.74 Å². The first-order valence-electron chi connectivity index (χ1n) is 10.9. The third kappa shape index (κ3) is 11.1. The van der Waals surface area contributed by atoms with Gasteiger partial charge in [0, 0.05) is 0 Å². The lowest BCUT2D eigenvalue weighted by Crippen LogP contribution is -2.09. The molecule has 0 aromatic heterocycles. The van der Waals surface area contributed by atoms with Crippen LogP contribution in [0.1, 0.15) is 96.0 Å². The number of benzene rings is 1. The quantitative estimate of drug-likeness (QED) is 0.182. The van der Waals surface area contributed by atoms with Gasteiger partial charge < -0.3 is 20.1 Å². The minimum Gasteiger partial charge on any atom is -0.504 e. The molecule has 0 heterocycles. The SMILES string of the molecule is CCCCCCCCCCCCCCCOC(=O)Cc1cc(O)c(O)c(O)c1. The van der Waals surface area contributed by atoms with E-state index in [1.54, 1.807) is 0 Å². The molecule has 1 aromatic carbocycles. The monoisotopic (exact) mass is 394 g/mol. The molecule has 0 spiro atoms. The normalized spacial score (nSPS) is 10.9. The van der Waals surface area contributed by atoms with Crippen LogP contribution in [0.2, 0.25) is 0 Å². The predicted molar refractivity (Wildman–Crippen MR) is 112 cm³/mol. The summed E-state index contributed by atoms with van der Waals surface area (Å²) < 4.78 is 5.19. The maximum atomic E-state index is 11.8. The van der Waals surface area contributed by atoms with E-state index in [0.717, 1.165) is 12.8 Å². The number of ether oxygens (including phenoxy) is 1. The molecule has 28 heavy (non-hydrogen) atoms. The maximum absolute atomic E-state index is 11.8. The van der Waals surface area contributed by atoms with Crippen LogP contribution in [0.25, 0.3) is 0 Å². The highest BCUT2D eigenvalue weighted by Gasteiger charge is 2.11. The van der Waals surface area contributed by atoms with Gasteiger partial charge in [-0.15, -0.1) is 0 Å². The Bertz CT molecular complexity index is 533. The number of esters is 1. The first kappa shape index (κ1) is 24.1. The van der Waals surface area contributed by atoms with E-state index in [1.165, 1.54) is 82.8 Å². The molecule has 0 radical (unpaired) electrons. The van der Waals surface area contributed by atoms with Crippen molar-refractivity contribution in [2.45, 2.75) is 96.8 Å². The predicted octanol–water partition coefficient (Wildman–Crippen LogP) is 5.98. The Hall–Kier alpha value is -1.91. The van der Waals surface area contributed by atoms with Crippen LogP contribution in [0.15, 0.2) is 12.1 Å². The minimum absolute atomic E-state index is 0.0418. The summed E-state index contributed by atoms with van der Waals surface area (Å²) in [6.07, 6.45) is 16.5. The lowest BCUT2D eigenvalue weighted by molar-refractivity contribution is -0.142. The standard InChI is InChI=1S/C23H38O5/c1-2-3-4-5-6-7-8-9-10-11-12-13-14-15-28-22(26)18-19-16-20(24)23(27)21(25)17-19/h16-17,24-25,27H,2-15,18H2,1H3. The highest BCUT2D eigenvalue weighted by molar-refractivity contribution is 5.73. The molecule has 5 nitrogen and oxygen atoms in total. The van der Waals surface area contributed by atoms with Crippen LogP contribution < -0.4 is 0 Å². The van der Waals surface area contributed by atoms with Crippen molar-refractivity contribution in [3.05, 3.63) is 17.7 Å². The van der Waals surface area contributed by atoms with Crippen LogP contribution in [0.3, 0.4) is 0 Å². The first-order chi connectivity index (χ1) is 13.5. The van der Waals surface area contributed by atoms with Gasteiger partial charge in [0.1, 0.15) is 0 Å². The van der Waals surface area contributed by atoms with Gasteiger partial charge in [0.05, 0.1) is 13.0 Å². The Kier molecular flexibility index (Phi) is 13.0. The number of carbonyl (C=O) groups is 1. The van der Waals surface area contributed by atoms with Crippen molar-refractivity contribution in [1.29, 1.82) is 0 Å². The Morgan fingerprint density at radius 2 is 1.18 bits per heavy atom. The van der Waals surface area contributed by atoms with Crippen LogP contribution in [-0.4, -0.2) is 27.9 Å². The molecule has 0 aliphatic carbocycles. The molecule has 160 valence electrons. The molecule has 0 saturated carbocycles. The topological polar surface area (TPSA) is 87.0 Å². The second-order valence-electron chi connectivity index (χ2n) is 7.62. The fraction of sp³-hybridized carbons (Fsp3) is 0.696. The fourth-order valence-electron chi connectivity index (χ4n) is 3.29. The molecule has 0 aliphatic rings. The van der Waals surface area contributed by atoms with Crippen molar-refractivity contribution in [3.8, 4) is 17.2 Å². The lowest BCUT2D eigenvalue weighted by Gasteiger charge is -2.07. The average Bonchev–Trinajstić information content (AvgIpc) is 2.66. The molecular formula is C23H38O5. The van der Waals surface area contributed by atoms with Crippen LogP contribution in [0, 0.1) is 0 Å². The number of aromatic hydroxyl groups is 3. The number of unbranched alkanes of at least 4 members (excludes halogenated alkanes) is 12. The number of phenols is 3. The molecule has 0 amide bonds. The number of rotatable bonds is 16. The maximum Gasteiger partial charge on any atom is 0.310 e. The van der Waals surface area contributed by atoms with Gasteiger partial charge in [0.2, 0.25) is 0 Å². The smallest absolute Gasteiger partial charge is 0.310 e. The largest absolute Gasteiger partial charge is 0.504 e. The molecule has 5 heteroatoms. The number of hydrogen-bond acceptors (Lipinski definition) is 5. The number of phenolic OH excluding ortho intramolecular Hbond substituents is 3. The Balaban J connectivity index is 1.94. The zero-order valence-corrected chi connectivity index (χ0v) is 17.4. The Labute approximate surface area is 169 Å². The Morgan fingerprint density at radius 3 is 1.64 bits per heavy atom. The van der Waals surface area contributed by atoms with Gasteiger partial charge in [-0.2, -0.15) is 0 Å². The van der Waals surface area contributed by atoms with E-state index in [9.17, 15) is 20.1 Å². The molecule has 0 unspecified atom stereocenters. The van der Waals surface area contributed by atoms with Gasteiger partial charge in [-0.05, 0) is 24.1 Å². The summed E-state index contributed by atoms with van der Waals surface area (Å²) in [5.41, 5.74) is 0.406. The zero-order chi connectivity index (χ0) is 20.6. The highest BCUT2D eigenvalue weighted by Crippen LogP contribution is 2.35. The molecule has 0 atom stereocenters. The molecular weight excluding hydrogens is 356 g/mol. The summed E-state index contributed by atoms with van der Waals surface area (Å²) in [5, 5.41) is 28.2. The molecule has 0 bridgehead atoms. The molecule has 1 aromatic rings. The highest BCUT2D eigenvalue weighted by atomic mass is 16.5. The summed E-state index contributed by atoms with van der Waals surface area (Å²) in [4.78, 5) is 11.8. The summed E-state index contributed by atoms with van der Waals surface area (Å²) in [5.74, 6) is -1.87. The summed E-state index contributed by atoms with van der Waals surface area (Å²) in [6, 6.07) is 2.50. The molecule has 0 saturated heterocycles. The molecule has 0 aliphatic heterocycles. The van der Waals surface area contributed by atoms with Crippen LogP contribution in [0.5, 0.6) is 17.2 Å². The van der Waals surface area contributed by atoms with Crippen molar-refractivity contribution in [1.82, 2.24) is 0 Å². The van der Waals surface area contributed by atoms with Gasteiger partial charge in [-0.25, -0.2) is 0 Å². The van der Waals surface area contributed by atoms with E-state index in [1.807, 2.05) is 0 Å². The van der Waals surface area contributed by atoms with Gasteiger partial charge in [-0.1, -0.05) is 84.0 Å². The molecule has 1 rings (SSSR count). The minimum atomic E-state index is -0.580. The first-order valence-corrected chi connectivity index (χ1v) is 10.9. The lowest BCUT2D eigenvalue weighted by atomic mass is 10.0. The van der Waals surface area contributed by atoms with Gasteiger partial charge in [-0.3, -0.25) is 4.79 Å². The van der Waals surface area contributed by atoms with Crippen LogP contribution in [-0.2, 0) is 16.0 Å². The zero-order valence-electron chi connectivity index (χ0n) is 17.4. The van der Waals surface area contributed by atoms with Crippen molar-refractivity contribution in [2.75, 3.05) is 6.61 Å². The second kappa shape index (κ2) is 15.1. The number of hydrogen-bond donors (Lipinski definition) is 3. The second-order valence-corrected chi connectivity index (χ2v) is 7.62. The summed E-state index contributed by atoms with van der Waals surface area (Å²) in [7, 11) is 0. The molecule has 3 N–H and O–H groups in total. The van der Waals surface area contributed by atoms with Crippen LogP contribution in [0.4, 0.5) is 0 Å². The van der Waals surface area contributed by atoms with Crippen molar-refractivity contribution < 1.29 is 24.9 Å². The van der Waals surface area contributed by atoms with Crippen molar-refractivity contribution >= 4 is 5.97 Å². The van der Waals surface area contributed by atoms with Gasteiger partial charge in [0.25, 0.3) is 0 Å². The third-order valence-electron chi connectivity index (χ3n) is 4.99. The average molecular weight is 395 g/mol. The van der Waals surface area contributed by atoms with E-state index in [2.05, 4.69) is 6.92 Å². The van der Waals surface area contributed by atoms with Crippen LogP contribution >= 0.6 is 0 Å². The fourth-order valence-corrected chi connectivity index (χ4v) is 3.29. The van der Waals surface area contributed by atoms with E-state index >= 15 is 0 Å². The van der Waals surface area contributed by atoms with Gasteiger partial charge >= 0.3 is 5.97 Å². The van der Waals surface area contributed by atoms with Crippen molar-refractivity contribution in [2.24, 2.45) is 0 Å².